The van der Waals surface area contributed by atoms with Gasteiger partial charge >= 0.3 is 0 Å². The van der Waals surface area contributed by atoms with Gasteiger partial charge in [-0.3, -0.25) is 14.9 Å². The van der Waals surface area contributed by atoms with Crippen molar-refractivity contribution in [1.82, 2.24) is 40.0 Å². The Kier molecular flexibility index (Phi) is 6.20. The molecule has 0 spiro atoms. The Bertz CT molecular complexity index is 1610. The number of nitrogens with zero attached hydrogens (tertiary/aromatic N) is 7. The molecule has 3 N–H and O–H groups in total. The summed E-state index contributed by atoms with van der Waals surface area (Å²) in [4.78, 5) is 38.9. The molecule has 6 heterocycles. The number of pyridine rings is 3. The van der Waals surface area contributed by atoms with Gasteiger partial charge in [-0.1, -0.05) is 13.8 Å². The van der Waals surface area contributed by atoms with Gasteiger partial charge in [0.15, 0.2) is 17.2 Å². The third-order valence-electron chi connectivity index (χ3n) is 6.76. The number of likely N-dealkylation sites (N-methyl/N-ethyl adjacent to an activating group) is 1. The largest absolute Gasteiger partial charge is 0.367 e. The van der Waals surface area contributed by atoms with Gasteiger partial charge in [-0.05, 0) is 37.2 Å². The van der Waals surface area contributed by atoms with Crippen molar-refractivity contribution in [2.45, 2.75) is 20.3 Å². The monoisotopic (exact) mass is 510 g/mol. The van der Waals surface area contributed by atoms with Crippen molar-refractivity contribution in [3.8, 4) is 22.8 Å². The van der Waals surface area contributed by atoms with Crippen LogP contribution < -0.4 is 10.2 Å². The number of nitrogens with one attached hydrogen (secondary N) is 3. The first-order chi connectivity index (χ1) is 18.4. The van der Waals surface area contributed by atoms with Crippen molar-refractivity contribution in [2.24, 2.45) is 5.92 Å². The Labute approximate surface area is 219 Å². The smallest absolute Gasteiger partial charge is 0.224 e. The lowest BCUT2D eigenvalue weighted by Gasteiger charge is -2.34. The summed E-state index contributed by atoms with van der Waals surface area (Å²) in [5, 5.41) is 10.5. The molecular formula is C27H30N10O. The van der Waals surface area contributed by atoms with Crippen LogP contribution in [0.1, 0.15) is 20.3 Å². The summed E-state index contributed by atoms with van der Waals surface area (Å²) in [5.41, 5.74) is 6.91. The van der Waals surface area contributed by atoms with E-state index >= 15 is 0 Å². The van der Waals surface area contributed by atoms with E-state index in [1.807, 2.05) is 38.1 Å². The standard InChI is InChI=1S/C27H30N10O/c1-16(2)12-22(38)30-18-13-17(14-28-15-18)19-4-5-20-23(31-19)25(35-34-20)27-32-24-21(6-7-29-26(24)33-27)37-10-8-36(3)9-11-37/h4-7,13-16H,8-12H2,1-3H3,(H,30,38)(H,34,35)(H,29,32,33). The number of rotatable bonds is 6. The predicted octanol–water partition coefficient (Wildman–Crippen LogP) is 3.69. The maximum Gasteiger partial charge on any atom is 0.224 e. The van der Waals surface area contributed by atoms with Gasteiger partial charge in [0.1, 0.15) is 11.0 Å². The normalized spacial score (nSPS) is 14.6. The average Bonchev–Trinajstić information content (AvgIpc) is 3.52. The summed E-state index contributed by atoms with van der Waals surface area (Å²) in [6, 6.07) is 7.77. The van der Waals surface area contributed by atoms with Crippen LogP contribution in [0.15, 0.2) is 42.9 Å². The number of hydrogen-bond donors (Lipinski definition) is 3. The highest BCUT2D eigenvalue weighted by Gasteiger charge is 2.21. The third-order valence-corrected chi connectivity index (χ3v) is 6.76. The zero-order valence-electron chi connectivity index (χ0n) is 21.7. The summed E-state index contributed by atoms with van der Waals surface area (Å²) in [7, 11) is 2.15. The lowest BCUT2D eigenvalue weighted by molar-refractivity contribution is -0.116. The topological polar surface area (TPSA) is 132 Å². The first-order valence-corrected chi connectivity index (χ1v) is 12.8. The van der Waals surface area contributed by atoms with Crippen molar-refractivity contribution in [3.63, 3.8) is 0 Å². The van der Waals surface area contributed by atoms with E-state index in [0.29, 0.717) is 34.8 Å². The molecule has 38 heavy (non-hydrogen) atoms. The quantitative estimate of drug-likeness (QED) is 0.315. The van der Waals surface area contributed by atoms with Crippen LogP contribution in [0.5, 0.6) is 0 Å². The fourth-order valence-corrected chi connectivity index (χ4v) is 4.78. The average molecular weight is 511 g/mol. The van der Waals surface area contributed by atoms with Crippen LogP contribution in [-0.2, 0) is 4.79 Å². The SMILES string of the molecule is CC(C)CC(=O)Nc1cncc(-c2ccc3[nH]nc(-c4nc5nccc(N6CCN(C)CC6)c5[nH]4)c3n2)c1. The van der Waals surface area contributed by atoms with Gasteiger partial charge in [0.05, 0.1) is 28.8 Å². The number of piperazine rings is 1. The molecule has 11 heteroatoms. The Morgan fingerprint density at radius 3 is 2.76 bits per heavy atom. The maximum absolute atomic E-state index is 12.2. The van der Waals surface area contributed by atoms with Crippen LogP contribution in [0.2, 0.25) is 0 Å². The van der Waals surface area contributed by atoms with Crippen molar-refractivity contribution in [1.29, 1.82) is 0 Å². The number of imidazole rings is 1. The van der Waals surface area contributed by atoms with Gasteiger partial charge in [0.25, 0.3) is 0 Å². The van der Waals surface area contributed by atoms with Crippen LogP contribution in [0, 0.1) is 5.92 Å². The van der Waals surface area contributed by atoms with Crippen LogP contribution in [-0.4, -0.2) is 79.2 Å². The van der Waals surface area contributed by atoms with Crippen LogP contribution in [0.3, 0.4) is 0 Å². The predicted molar refractivity (Wildman–Crippen MR) is 148 cm³/mol. The van der Waals surface area contributed by atoms with E-state index in [0.717, 1.165) is 54.2 Å². The molecule has 1 saturated heterocycles. The Hall–Kier alpha value is -4.38. The molecule has 5 aromatic rings. The molecule has 0 aliphatic carbocycles. The zero-order chi connectivity index (χ0) is 26.2. The third kappa shape index (κ3) is 4.68. The number of aromatic nitrogens is 7. The summed E-state index contributed by atoms with van der Waals surface area (Å²) in [5.74, 6) is 0.854. The number of carbonyl (C=O) groups excluding carboxylic acids is 1. The lowest BCUT2D eigenvalue weighted by atomic mass is 10.1. The van der Waals surface area contributed by atoms with E-state index in [-0.39, 0.29) is 11.8 Å². The number of H-pyrrole nitrogens is 2. The highest BCUT2D eigenvalue weighted by molar-refractivity contribution is 5.94. The number of carbonyl (C=O) groups is 1. The minimum atomic E-state index is -0.0334. The molecule has 6 rings (SSSR count). The van der Waals surface area contributed by atoms with Gasteiger partial charge in [0, 0.05) is 50.6 Å². The van der Waals surface area contributed by atoms with Crippen molar-refractivity contribution in [2.75, 3.05) is 43.4 Å². The molecule has 1 fully saturated rings. The van der Waals surface area contributed by atoms with Gasteiger partial charge in [-0.2, -0.15) is 5.10 Å². The number of amides is 1. The fourth-order valence-electron chi connectivity index (χ4n) is 4.78. The van der Waals surface area contributed by atoms with Crippen molar-refractivity contribution < 1.29 is 4.79 Å². The molecule has 194 valence electrons. The number of anilines is 2. The second kappa shape index (κ2) is 9.82. The highest BCUT2D eigenvalue weighted by Crippen LogP contribution is 2.31. The summed E-state index contributed by atoms with van der Waals surface area (Å²) < 4.78 is 0. The molecule has 0 aromatic carbocycles. The van der Waals surface area contributed by atoms with Crippen LogP contribution >= 0.6 is 0 Å². The van der Waals surface area contributed by atoms with Gasteiger partial charge in [0.2, 0.25) is 5.91 Å². The Balaban J connectivity index is 1.34. The van der Waals surface area contributed by atoms with E-state index in [2.05, 4.69) is 47.3 Å². The number of fused-ring (bicyclic) bond motifs is 2. The van der Waals surface area contributed by atoms with Gasteiger partial charge in [-0.15, -0.1) is 0 Å². The van der Waals surface area contributed by atoms with Crippen LogP contribution in [0.25, 0.3) is 45.0 Å². The Morgan fingerprint density at radius 1 is 1.11 bits per heavy atom. The molecule has 1 aliphatic rings. The van der Waals surface area contributed by atoms with E-state index in [1.165, 1.54) is 0 Å². The summed E-state index contributed by atoms with van der Waals surface area (Å²) in [6.07, 6.45) is 5.64. The molecule has 0 atom stereocenters. The summed E-state index contributed by atoms with van der Waals surface area (Å²) in [6.45, 7) is 7.96. The molecule has 0 bridgehead atoms. The van der Waals surface area contributed by atoms with Crippen molar-refractivity contribution in [3.05, 3.63) is 42.9 Å². The van der Waals surface area contributed by atoms with Crippen LogP contribution in [0.4, 0.5) is 11.4 Å². The molecule has 1 aliphatic heterocycles. The first kappa shape index (κ1) is 24.0. The van der Waals surface area contributed by atoms with Crippen molar-refractivity contribution >= 4 is 39.5 Å². The number of aromatic amines is 2. The minimum absolute atomic E-state index is 0.0334. The second-order valence-corrected chi connectivity index (χ2v) is 10.2. The van der Waals surface area contributed by atoms with E-state index in [4.69, 9.17) is 9.97 Å². The lowest BCUT2D eigenvalue weighted by Crippen LogP contribution is -2.44. The summed E-state index contributed by atoms with van der Waals surface area (Å²) >= 11 is 0. The fraction of sp³-hybridized carbons (Fsp3) is 0.333. The zero-order valence-corrected chi connectivity index (χ0v) is 21.7. The first-order valence-electron chi connectivity index (χ1n) is 12.8. The minimum Gasteiger partial charge on any atom is -0.367 e. The van der Waals surface area contributed by atoms with E-state index < -0.39 is 0 Å². The molecule has 0 unspecified atom stereocenters. The number of hydrogen-bond acceptors (Lipinski definition) is 8. The van der Waals surface area contributed by atoms with E-state index in [1.54, 1.807) is 18.6 Å². The van der Waals surface area contributed by atoms with Gasteiger partial charge in [-0.25, -0.2) is 15.0 Å². The second-order valence-electron chi connectivity index (χ2n) is 10.2. The molecule has 11 nitrogen and oxygen atoms in total. The molecule has 0 saturated carbocycles. The molecule has 5 aromatic heterocycles. The Morgan fingerprint density at radius 2 is 1.95 bits per heavy atom. The maximum atomic E-state index is 12.2. The van der Waals surface area contributed by atoms with Gasteiger partial charge < -0.3 is 20.1 Å². The molecule has 1 amide bonds. The van der Waals surface area contributed by atoms with E-state index in [9.17, 15) is 4.79 Å². The molecular weight excluding hydrogens is 480 g/mol. The highest BCUT2D eigenvalue weighted by atomic mass is 16.1. The molecule has 0 radical (unpaired) electrons.